The minimum Gasteiger partial charge on any atom is -0.493 e. The van der Waals surface area contributed by atoms with Crippen molar-refractivity contribution in [1.29, 1.82) is 0 Å². The number of fused-ring (bicyclic) bond motifs is 1. The lowest BCUT2D eigenvalue weighted by atomic mass is 10.0. The van der Waals surface area contributed by atoms with Crippen LogP contribution in [-0.2, 0) is 12.8 Å². The maximum atomic E-state index is 13.5. The standard InChI is InChI=1S/C14H13FOS/c1-9-2-3-13(17-9)8-11-7-12(15)6-10-4-5-16-14(10)11/h2-3,6-7H,4-5,8H2,1H3. The first-order valence-electron chi connectivity index (χ1n) is 5.72. The van der Waals surface area contributed by atoms with Gasteiger partial charge in [0.15, 0.2) is 0 Å². The van der Waals surface area contributed by atoms with Crippen molar-refractivity contribution in [3.63, 3.8) is 0 Å². The van der Waals surface area contributed by atoms with Gasteiger partial charge in [-0.1, -0.05) is 0 Å². The molecule has 2 aromatic rings. The molecule has 0 aliphatic carbocycles. The Balaban J connectivity index is 1.98. The molecule has 0 unspecified atom stereocenters. The molecule has 2 heterocycles. The topological polar surface area (TPSA) is 9.23 Å². The highest BCUT2D eigenvalue weighted by molar-refractivity contribution is 7.11. The fraction of sp³-hybridized carbons (Fsp3) is 0.286. The van der Waals surface area contributed by atoms with E-state index in [1.54, 1.807) is 23.5 Å². The smallest absolute Gasteiger partial charge is 0.126 e. The summed E-state index contributed by atoms with van der Waals surface area (Å²) < 4.78 is 19.1. The van der Waals surface area contributed by atoms with Crippen LogP contribution < -0.4 is 4.74 Å². The van der Waals surface area contributed by atoms with Gasteiger partial charge in [-0.15, -0.1) is 11.3 Å². The number of hydrogen-bond acceptors (Lipinski definition) is 2. The van der Waals surface area contributed by atoms with Crippen LogP contribution in [0.15, 0.2) is 24.3 Å². The van der Waals surface area contributed by atoms with Crippen molar-refractivity contribution in [1.82, 2.24) is 0 Å². The molecule has 0 saturated heterocycles. The molecule has 3 heteroatoms. The summed E-state index contributed by atoms with van der Waals surface area (Å²) in [6, 6.07) is 7.39. The molecular weight excluding hydrogens is 235 g/mol. The minimum atomic E-state index is -0.155. The van der Waals surface area contributed by atoms with Gasteiger partial charge < -0.3 is 4.74 Å². The Morgan fingerprint density at radius 3 is 3.00 bits per heavy atom. The van der Waals surface area contributed by atoms with Gasteiger partial charge in [0, 0.05) is 33.7 Å². The number of thiophene rings is 1. The molecule has 0 spiro atoms. The van der Waals surface area contributed by atoms with Crippen LogP contribution in [0.4, 0.5) is 4.39 Å². The molecule has 1 aliphatic rings. The number of ether oxygens (including phenoxy) is 1. The molecule has 0 saturated carbocycles. The number of hydrogen-bond donors (Lipinski definition) is 0. The second kappa shape index (κ2) is 4.15. The largest absolute Gasteiger partial charge is 0.493 e. The van der Waals surface area contributed by atoms with E-state index in [4.69, 9.17) is 4.74 Å². The summed E-state index contributed by atoms with van der Waals surface area (Å²) in [6.07, 6.45) is 1.59. The third-order valence-corrected chi connectivity index (χ3v) is 3.99. The Bertz CT molecular complexity index is 559. The van der Waals surface area contributed by atoms with Gasteiger partial charge in [-0.25, -0.2) is 4.39 Å². The van der Waals surface area contributed by atoms with Crippen LogP contribution in [0.3, 0.4) is 0 Å². The number of halogens is 1. The van der Waals surface area contributed by atoms with E-state index in [1.807, 2.05) is 0 Å². The molecule has 17 heavy (non-hydrogen) atoms. The van der Waals surface area contributed by atoms with Gasteiger partial charge in [0.05, 0.1) is 6.61 Å². The van der Waals surface area contributed by atoms with Crippen LogP contribution in [0.1, 0.15) is 20.9 Å². The zero-order valence-corrected chi connectivity index (χ0v) is 10.4. The van der Waals surface area contributed by atoms with Gasteiger partial charge in [0.2, 0.25) is 0 Å². The number of rotatable bonds is 2. The van der Waals surface area contributed by atoms with Crippen molar-refractivity contribution in [2.24, 2.45) is 0 Å². The lowest BCUT2D eigenvalue weighted by Crippen LogP contribution is -1.93. The molecule has 0 amide bonds. The lowest BCUT2D eigenvalue weighted by molar-refractivity contribution is 0.354. The van der Waals surface area contributed by atoms with E-state index in [0.29, 0.717) is 6.61 Å². The predicted octanol–water partition coefficient (Wildman–Crippen LogP) is 3.72. The Morgan fingerprint density at radius 1 is 1.35 bits per heavy atom. The first-order chi connectivity index (χ1) is 8.22. The molecule has 0 atom stereocenters. The molecule has 0 fully saturated rings. The van der Waals surface area contributed by atoms with Gasteiger partial charge in [-0.05, 0) is 31.2 Å². The molecule has 1 aromatic heterocycles. The van der Waals surface area contributed by atoms with E-state index in [-0.39, 0.29) is 5.82 Å². The summed E-state index contributed by atoms with van der Waals surface area (Å²) in [7, 11) is 0. The summed E-state index contributed by atoms with van der Waals surface area (Å²) >= 11 is 1.76. The third-order valence-electron chi connectivity index (χ3n) is 2.99. The molecule has 1 aromatic carbocycles. The highest BCUT2D eigenvalue weighted by Gasteiger charge is 2.18. The van der Waals surface area contributed by atoms with Gasteiger partial charge in [0.1, 0.15) is 11.6 Å². The molecular formula is C14H13FOS. The average Bonchev–Trinajstić information content (AvgIpc) is 2.87. The first kappa shape index (κ1) is 10.8. The minimum absolute atomic E-state index is 0.155. The number of aryl methyl sites for hydroxylation is 1. The van der Waals surface area contributed by atoms with Crippen molar-refractivity contribution in [2.75, 3.05) is 6.61 Å². The van der Waals surface area contributed by atoms with Crippen molar-refractivity contribution >= 4 is 11.3 Å². The predicted molar refractivity (Wildman–Crippen MR) is 67.5 cm³/mol. The zero-order chi connectivity index (χ0) is 11.8. The third kappa shape index (κ3) is 2.07. The SMILES string of the molecule is Cc1ccc(Cc2cc(F)cc3c2OCC3)s1. The van der Waals surface area contributed by atoms with Crippen LogP contribution in [-0.4, -0.2) is 6.61 Å². The van der Waals surface area contributed by atoms with Crippen LogP contribution in [0.5, 0.6) is 5.75 Å². The van der Waals surface area contributed by atoms with Crippen LogP contribution in [0, 0.1) is 12.7 Å². The van der Waals surface area contributed by atoms with E-state index in [0.717, 1.165) is 29.7 Å². The molecule has 0 bridgehead atoms. The lowest BCUT2D eigenvalue weighted by Gasteiger charge is -2.07. The maximum Gasteiger partial charge on any atom is 0.126 e. The van der Waals surface area contributed by atoms with E-state index >= 15 is 0 Å². The van der Waals surface area contributed by atoms with Gasteiger partial charge >= 0.3 is 0 Å². The molecule has 1 aliphatic heterocycles. The van der Waals surface area contributed by atoms with E-state index in [9.17, 15) is 4.39 Å². The quantitative estimate of drug-likeness (QED) is 0.787. The Kier molecular flexibility index (Phi) is 2.63. The fourth-order valence-electron chi connectivity index (χ4n) is 2.25. The summed E-state index contributed by atoms with van der Waals surface area (Å²) in [5.74, 6) is 0.745. The van der Waals surface area contributed by atoms with Crippen molar-refractivity contribution in [3.05, 3.63) is 51.0 Å². The highest BCUT2D eigenvalue weighted by atomic mass is 32.1. The first-order valence-corrected chi connectivity index (χ1v) is 6.53. The van der Waals surface area contributed by atoms with E-state index < -0.39 is 0 Å². The van der Waals surface area contributed by atoms with Crippen molar-refractivity contribution in [3.8, 4) is 5.75 Å². The fourth-order valence-corrected chi connectivity index (χ4v) is 3.16. The van der Waals surface area contributed by atoms with Crippen LogP contribution >= 0.6 is 11.3 Å². The van der Waals surface area contributed by atoms with Crippen molar-refractivity contribution in [2.45, 2.75) is 19.8 Å². The summed E-state index contributed by atoms with van der Waals surface area (Å²) in [4.78, 5) is 2.54. The average molecular weight is 248 g/mol. The highest BCUT2D eigenvalue weighted by Crippen LogP contribution is 2.33. The second-order valence-corrected chi connectivity index (χ2v) is 5.71. The van der Waals surface area contributed by atoms with Crippen LogP contribution in [0.2, 0.25) is 0 Å². The van der Waals surface area contributed by atoms with E-state index in [2.05, 4.69) is 19.1 Å². The zero-order valence-electron chi connectivity index (χ0n) is 9.63. The monoisotopic (exact) mass is 248 g/mol. The number of benzene rings is 1. The summed E-state index contributed by atoms with van der Waals surface area (Å²) in [6.45, 7) is 2.76. The molecule has 0 radical (unpaired) electrons. The second-order valence-electron chi connectivity index (χ2n) is 4.34. The van der Waals surface area contributed by atoms with Gasteiger partial charge in [-0.3, -0.25) is 0 Å². The molecule has 3 rings (SSSR count). The normalized spacial score (nSPS) is 13.5. The molecule has 0 N–H and O–H groups in total. The summed E-state index contributed by atoms with van der Waals surface area (Å²) in [5.41, 5.74) is 1.98. The van der Waals surface area contributed by atoms with Gasteiger partial charge in [0.25, 0.3) is 0 Å². The Labute approximate surface area is 104 Å². The Morgan fingerprint density at radius 2 is 2.24 bits per heavy atom. The summed E-state index contributed by atoms with van der Waals surface area (Å²) in [5, 5.41) is 0. The molecule has 88 valence electrons. The molecule has 1 nitrogen and oxygen atoms in total. The van der Waals surface area contributed by atoms with E-state index in [1.165, 1.54) is 9.75 Å². The van der Waals surface area contributed by atoms with Crippen molar-refractivity contribution < 1.29 is 9.13 Å². The van der Waals surface area contributed by atoms with Crippen LogP contribution in [0.25, 0.3) is 0 Å². The Hall–Kier alpha value is -1.35. The van der Waals surface area contributed by atoms with Gasteiger partial charge in [-0.2, -0.15) is 0 Å². The maximum absolute atomic E-state index is 13.5.